The largest absolute Gasteiger partial charge is 0.376 e. The van der Waals surface area contributed by atoms with Gasteiger partial charge >= 0.3 is 0 Å². The van der Waals surface area contributed by atoms with E-state index in [9.17, 15) is 4.79 Å². The zero-order chi connectivity index (χ0) is 15.8. The molecule has 1 aromatic rings. The Balaban J connectivity index is 1.50. The van der Waals surface area contributed by atoms with Crippen molar-refractivity contribution < 1.29 is 9.53 Å². The average Bonchev–Trinajstić information content (AvgIpc) is 2.98. The lowest BCUT2D eigenvalue weighted by Crippen LogP contribution is -2.71. The number of amides is 1. The molecular weight excluding hydrogens is 312 g/mol. The van der Waals surface area contributed by atoms with Crippen LogP contribution >= 0.6 is 11.6 Å². The second-order valence-corrected chi connectivity index (χ2v) is 7.26. The molecule has 0 unspecified atom stereocenters. The highest BCUT2D eigenvalue weighted by molar-refractivity contribution is 6.33. The first-order valence-corrected chi connectivity index (χ1v) is 9.04. The Morgan fingerprint density at radius 1 is 1.22 bits per heavy atom. The van der Waals surface area contributed by atoms with E-state index in [0.717, 1.165) is 26.1 Å². The van der Waals surface area contributed by atoms with Gasteiger partial charge in [0.15, 0.2) is 0 Å². The summed E-state index contributed by atoms with van der Waals surface area (Å²) in [5.74, 6) is 0.390. The van der Waals surface area contributed by atoms with E-state index >= 15 is 0 Å². The van der Waals surface area contributed by atoms with Gasteiger partial charge in [0.2, 0.25) is 0 Å². The van der Waals surface area contributed by atoms with Crippen LogP contribution in [0.2, 0.25) is 5.02 Å². The predicted molar refractivity (Wildman–Crippen MR) is 89.8 cm³/mol. The summed E-state index contributed by atoms with van der Waals surface area (Å²) in [7, 11) is 0. The molecule has 4 rings (SSSR count). The van der Waals surface area contributed by atoms with E-state index in [0.29, 0.717) is 28.6 Å². The molecule has 0 spiro atoms. The Morgan fingerprint density at radius 3 is 2.78 bits per heavy atom. The van der Waals surface area contributed by atoms with Crippen molar-refractivity contribution in [3.8, 4) is 0 Å². The quantitative estimate of drug-likeness (QED) is 0.924. The molecular formula is C18H23ClN2O2. The van der Waals surface area contributed by atoms with E-state index in [-0.39, 0.29) is 11.9 Å². The average molecular weight is 335 g/mol. The maximum atomic E-state index is 12.6. The van der Waals surface area contributed by atoms with E-state index < -0.39 is 0 Å². The van der Waals surface area contributed by atoms with E-state index in [1.54, 1.807) is 12.1 Å². The van der Waals surface area contributed by atoms with Gasteiger partial charge in [-0.2, -0.15) is 0 Å². The monoisotopic (exact) mass is 334 g/mol. The van der Waals surface area contributed by atoms with Crippen molar-refractivity contribution in [1.82, 2.24) is 10.2 Å². The summed E-state index contributed by atoms with van der Waals surface area (Å²) in [5, 5.41) is 3.76. The molecule has 1 aliphatic carbocycles. The van der Waals surface area contributed by atoms with Crippen LogP contribution < -0.4 is 5.32 Å². The fraction of sp³-hybridized carbons (Fsp3) is 0.611. The number of likely N-dealkylation sites (tertiary alicyclic amines) is 1. The number of benzene rings is 1. The summed E-state index contributed by atoms with van der Waals surface area (Å²) < 4.78 is 5.94. The van der Waals surface area contributed by atoms with Gasteiger partial charge < -0.3 is 10.1 Å². The Morgan fingerprint density at radius 2 is 2.00 bits per heavy atom. The number of hydrogen-bond acceptors (Lipinski definition) is 3. The van der Waals surface area contributed by atoms with Gasteiger partial charge in [-0.05, 0) is 44.5 Å². The van der Waals surface area contributed by atoms with Gasteiger partial charge in [0.1, 0.15) is 0 Å². The number of rotatable bonds is 3. The van der Waals surface area contributed by atoms with Gasteiger partial charge in [0.05, 0.1) is 28.8 Å². The number of halogens is 1. The topological polar surface area (TPSA) is 41.6 Å². The van der Waals surface area contributed by atoms with Crippen LogP contribution in [-0.4, -0.2) is 48.7 Å². The molecule has 23 heavy (non-hydrogen) atoms. The Kier molecular flexibility index (Phi) is 4.31. The molecule has 1 saturated carbocycles. The molecule has 0 radical (unpaired) electrons. The summed E-state index contributed by atoms with van der Waals surface area (Å²) >= 11 is 6.16. The lowest BCUT2D eigenvalue weighted by molar-refractivity contribution is -0.0862. The molecule has 1 N–H and O–H groups in total. The number of ether oxygens (including phenoxy) is 1. The molecule has 0 bridgehead atoms. The summed E-state index contributed by atoms with van der Waals surface area (Å²) in [6.07, 6.45) is 5.15. The number of piperidine rings is 1. The van der Waals surface area contributed by atoms with Crippen molar-refractivity contribution in [2.24, 2.45) is 5.92 Å². The van der Waals surface area contributed by atoms with Crippen LogP contribution in [0.15, 0.2) is 24.3 Å². The number of carbonyl (C=O) groups is 1. The van der Waals surface area contributed by atoms with Crippen molar-refractivity contribution in [3.63, 3.8) is 0 Å². The third kappa shape index (κ3) is 2.77. The molecule has 5 heteroatoms. The lowest BCUT2D eigenvalue weighted by Gasteiger charge is -2.53. The second kappa shape index (κ2) is 6.42. The van der Waals surface area contributed by atoms with E-state index in [4.69, 9.17) is 16.3 Å². The lowest BCUT2D eigenvalue weighted by atomic mass is 9.70. The van der Waals surface area contributed by atoms with Crippen LogP contribution in [0.3, 0.4) is 0 Å². The minimum absolute atomic E-state index is 0.0621. The highest BCUT2D eigenvalue weighted by atomic mass is 35.5. The van der Waals surface area contributed by atoms with Gasteiger partial charge in [-0.1, -0.05) is 30.2 Å². The fourth-order valence-corrected chi connectivity index (χ4v) is 4.62. The van der Waals surface area contributed by atoms with E-state index in [1.807, 2.05) is 12.1 Å². The van der Waals surface area contributed by atoms with Crippen molar-refractivity contribution >= 4 is 17.5 Å². The van der Waals surface area contributed by atoms with Crippen molar-refractivity contribution in [2.75, 3.05) is 19.7 Å². The minimum Gasteiger partial charge on any atom is -0.376 e. The van der Waals surface area contributed by atoms with Crippen LogP contribution in [0.25, 0.3) is 0 Å². The summed E-state index contributed by atoms with van der Waals surface area (Å²) in [6, 6.07) is 7.76. The number of hydrogen-bond donors (Lipinski definition) is 1. The molecule has 124 valence electrons. The van der Waals surface area contributed by atoms with E-state index in [1.165, 1.54) is 19.3 Å². The second-order valence-electron chi connectivity index (χ2n) is 6.85. The Labute approximate surface area is 142 Å². The van der Waals surface area contributed by atoms with Crippen LogP contribution in [0.4, 0.5) is 0 Å². The van der Waals surface area contributed by atoms with Crippen LogP contribution in [-0.2, 0) is 4.74 Å². The molecule has 4 nitrogen and oxygen atoms in total. The SMILES string of the molecule is O=C(N[C@H]1[C@H]2CCO[C@H]2[C@@H]1N1CCCCC1)c1ccccc1Cl. The molecule has 1 amide bonds. The molecule has 2 saturated heterocycles. The molecule has 2 heterocycles. The van der Waals surface area contributed by atoms with Gasteiger partial charge in [-0.25, -0.2) is 0 Å². The summed E-state index contributed by atoms with van der Waals surface area (Å²) in [5.41, 5.74) is 0.564. The van der Waals surface area contributed by atoms with Gasteiger partial charge in [-0.15, -0.1) is 0 Å². The number of nitrogens with one attached hydrogen (secondary N) is 1. The third-order valence-electron chi connectivity index (χ3n) is 5.58. The predicted octanol–water partition coefficient (Wildman–Crippen LogP) is 2.71. The molecule has 0 aromatic heterocycles. The Hall–Kier alpha value is -1.10. The zero-order valence-corrected chi connectivity index (χ0v) is 14.0. The first-order chi connectivity index (χ1) is 11.3. The Bertz CT molecular complexity index is 588. The van der Waals surface area contributed by atoms with Gasteiger partial charge in [0.25, 0.3) is 5.91 Å². The first-order valence-electron chi connectivity index (χ1n) is 8.67. The number of fused-ring (bicyclic) bond motifs is 1. The first kappa shape index (κ1) is 15.4. The smallest absolute Gasteiger partial charge is 0.253 e. The number of nitrogens with zero attached hydrogens (tertiary/aromatic N) is 1. The van der Waals surface area contributed by atoms with Gasteiger partial charge in [0, 0.05) is 12.5 Å². The van der Waals surface area contributed by atoms with Crippen molar-refractivity contribution in [3.05, 3.63) is 34.9 Å². The highest BCUT2D eigenvalue weighted by Gasteiger charge is 2.56. The summed E-state index contributed by atoms with van der Waals surface area (Å²) in [6.45, 7) is 3.06. The maximum absolute atomic E-state index is 12.6. The van der Waals surface area contributed by atoms with Crippen LogP contribution in [0.5, 0.6) is 0 Å². The van der Waals surface area contributed by atoms with E-state index in [2.05, 4.69) is 10.2 Å². The van der Waals surface area contributed by atoms with Crippen molar-refractivity contribution in [2.45, 2.75) is 43.9 Å². The number of carbonyl (C=O) groups excluding carboxylic acids is 1. The maximum Gasteiger partial charge on any atom is 0.253 e. The highest BCUT2D eigenvalue weighted by Crippen LogP contribution is 2.42. The molecule has 4 atom stereocenters. The fourth-order valence-electron chi connectivity index (χ4n) is 4.39. The molecule has 3 aliphatic rings. The van der Waals surface area contributed by atoms with Gasteiger partial charge in [-0.3, -0.25) is 9.69 Å². The van der Waals surface area contributed by atoms with Crippen LogP contribution in [0, 0.1) is 5.92 Å². The van der Waals surface area contributed by atoms with Crippen LogP contribution in [0.1, 0.15) is 36.0 Å². The summed E-state index contributed by atoms with van der Waals surface area (Å²) in [4.78, 5) is 15.2. The normalized spacial score (nSPS) is 33.8. The van der Waals surface area contributed by atoms with Crippen molar-refractivity contribution in [1.29, 1.82) is 0 Å². The minimum atomic E-state index is -0.0621. The molecule has 2 aliphatic heterocycles. The zero-order valence-electron chi connectivity index (χ0n) is 13.2. The molecule has 1 aromatic carbocycles. The third-order valence-corrected chi connectivity index (χ3v) is 5.91. The molecule has 3 fully saturated rings. The standard InChI is InChI=1S/C18H23ClN2O2/c19-14-7-3-2-6-12(14)18(22)20-15-13-8-11-23-17(13)16(15)21-9-4-1-5-10-21/h2-3,6-7,13,15-17H,1,4-5,8-11H2,(H,20,22)/t13-,15+,16-,17-/m1/s1.